The number of urea groups is 2. The van der Waals surface area contributed by atoms with Crippen LogP contribution in [0.1, 0.15) is 26.3 Å². The van der Waals surface area contributed by atoms with Crippen LogP contribution in [0, 0.1) is 0 Å². The molecule has 36 heavy (non-hydrogen) atoms. The molecule has 0 fully saturated rings. The van der Waals surface area contributed by atoms with Crippen molar-refractivity contribution in [2.75, 3.05) is 19.6 Å². The lowest BCUT2D eigenvalue weighted by molar-refractivity contribution is 0.105. The number of aromatic nitrogens is 1. The first-order valence-corrected chi connectivity index (χ1v) is 11.5. The van der Waals surface area contributed by atoms with Crippen LogP contribution in [0.15, 0.2) is 42.5 Å². The van der Waals surface area contributed by atoms with Crippen LogP contribution in [0.4, 0.5) is 14.4 Å². The highest BCUT2D eigenvalue weighted by Crippen LogP contribution is 2.18. The second-order valence-electron chi connectivity index (χ2n) is 8.49. The predicted molar refractivity (Wildman–Crippen MR) is 132 cm³/mol. The maximum Gasteiger partial charge on any atom is 0.432 e. The standard InChI is InChI=1S/C23H35N7O6/c1-15(24)11-25-21(33)28-16(2)12-26-22(34)29(14-18-7-5-4-6-8-18)17(3)13-27-23(35)36-30-19(31)9-10-20(30)32/h4-10,15-17,31-32H,11-14,24H2,1-3H3,(H,26,34)(H,27,35)(H2,25,28,33)/t15-,16-,17-/m0/s1. The fourth-order valence-corrected chi connectivity index (χ4v) is 3.08. The Morgan fingerprint density at radius 2 is 1.58 bits per heavy atom. The molecular formula is C23H35N7O6. The number of benzene rings is 1. The molecular weight excluding hydrogens is 470 g/mol. The molecule has 0 saturated heterocycles. The minimum atomic E-state index is -0.931. The van der Waals surface area contributed by atoms with Gasteiger partial charge in [0.1, 0.15) is 0 Å². The van der Waals surface area contributed by atoms with Crippen LogP contribution >= 0.6 is 0 Å². The number of carbonyl (C=O) groups excluding carboxylic acids is 3. The number of carbonyl (C=O) groups is 3. The molecule has 0 unspecified atom stereocenters. The Kier molecular flexibility index (Phi) is 10.7. The van der Waals surface area contributed by atoms with Crippen molar-refractivity contribution in [2.24, 2.45) is 5.73 Å². The maximum absolute atomic E-state index is 13.0. The van der Waals surface area contributed by atoms with Crippen LogP contribution in [-0.2, 0) is 6.54 Å². The van der Waals surface area contributed by atoms with Gasteiger partial charge in [-0.3, -0.25) is 0 Å². The number of rotatable bonds is 11. The SMILES string of the molecule is C[C@H](N)CNC(=O)N[C@@H](C)CNC(=O)N(Cc1ccccc1)[C@@H](C)CNC(=O)On1c(O)ccc1O. The number of amides is 5. The van der Waals surface area contributed by atoms with Gasteiger partial charge in [-0.05, 0) is 26.3 Å². The third-order valence-corrected chi connectivity index (χ3v) is 5.02. The highest BCUT2D eigenvalue weighted by Gasteiger charge is 2.22. The second-order valence-corrected chi connectivity index (χ2v) is 8.49. The minimum Gasteiger partial charge on any atom is -0.492 e. The van der Waals surface area contributed by atoms with Crippen molar-refractivity contribution in [3.8, 4) is 11.8 Å². The van der Waals surface area contributed by atoms with Gasteiger partial charge in [-0.15, -0.1) is 4.73 Å². The van der Waals surface area contributed by atoms with Gasteiger partial charge in [-0.2, -0.15) is 0 Å². The average Bonchev–Trinajstić information content (AvgIpc) is 3.15. The minimum absolute atomic E-state index is 0.0232. The van der Waals surface area contributed by atoms with Crippen molar-refractivity contribution in [3.05, 3.63) is 48.0 Å². The molecule has 13 heteroatoms. The van der Waals surface area contributed by atoms with Gasteiger partial charge in [0, 0.05) is 56.4 Å². The molecule has 1 aromatic heterocycles. The van der Waals surface area contributed by atoms with Gasteiger partial charge in [0.05, 0.1) is 0 Å². The monoisotopic (exact) mass is 505 g/mol. The molecule has 0 bridgehead atoms. The van der Waals surface area contributed by atoms with E-state index >= 15 is 0 Å². The highest BCUT2D eigenvalue weighted by molar-refractivity contribution is 5.76. The fourth-order valence-electron chi connectivity index (χ4n) is 3.08. The molecule has 5 amide bonds. The Balaban J connectivity index is 1.95. The van der Waals surface area contributed by atoms with E-state index in [-0.39, 0.29) is 37.7 Å². The van der Waals surface area contributed by atoms with Crippen molar-refractivity contribution in [1.29, 1.82) is 0 Å². The number of hydrogen-bond donors (Lipinski definition) is 7. The second kappa shape index (κ2) is 13.7. The van der Waals surface area contributed by atoms with E-state index in [1.807, 2.05) is 30.3 Å². The zero-order valence-electron chi connectivity index (χ0n) is 20.6. The normalized spacial score (nSPS) is 13.1. The Hall–Kier alpha value is -4.13. The molecule has 3 atom stereocenters. The van der Waals surface area contributed by atoms with E-state index in [2.05, 4.69) is 21.3 Å². The largest absolute Gasteiger partial charge is 0.492 e. The van der Waals surface area contributed by atoms with Crippen molar-refractivity contribution < 1.29 is 29.4 Å². The molecule has 2 aromatic rings. The van der Waals surface area contributed by atoms with E-state index < -0.39 is 29.9 Å². The number of nitrogens with zero attached hydrogens (tertiary/aromatic N) is 2. The summed E-state index contributed by atoms with van der Waals surface area (Å²) in [6.07, 6.45) is -0.931. The average molecular weight is 506 g/mol. The molecule has 13 nitrogen and oxygen atoms in total. The van der Waals surface area contributed by atoms with E-state index in [9.17, 15) is 24.6 Å². The van der Waals surface area contributed by atoms with Gasteiger partial charge >= 0.3 is 18.2 Å². The summed E-state index contributed by atoms with van der Waals surface area (Å²) in [5.74, 6) is -0.899. The van der Waals surface area contributed by atoms with Crippen LogP contribution in [0.5, 0.6) is 11.8 Å². The zero-order chi connectivity index (χ0) is 26.7. The molecule has 1 heterocycles. The summed E-state index contributed by atoms with van der Waals surface area (Å²) in [5, 5.41) is 29.9. The summed E-state index contributed by atoms with van der Waals surface area (Å²) in [6, 6.07) is 9.87. The van der Waals surface area contributed by atoms with E-state index in [1.54, 1.807) is 20.8 Å². The Morgan fingerprint density at radius 3 is 2.19 bits per heavy atom. The molecule has 198 valence electrons. The van der Waals surface area contributed by atoms with Gasteiger partial charge in [0.2, 0.25) is 11.8 Å². The Bertz CT molecular complexity index is 979. The smallest absolute Gasteiger partial charge is 0.432 e. The van der Waals surface area contributed by atoms with Crippen molar-refractivity contribution >= 4 is 18.2 Å². The molecule has 2 rings (SSSR count). The third-order valence-electron chi connectivity index (χ3n) is 5.02. The van der Waals surface area contributed by atoms with Crippen molar-refractivity contribution in [3.63, 3.8) is 0 Å². The summed E-state index contributed by atoms with van der Waals surface area (Å²) < 4.78 is 0.563. The van der Waals surface area contributed by atoms with E-state index in [0.29, 0.717) is 11.3 Å². The summed E-state index contributed by atoms with van der Waals surface area (Å²) in [7, 11) is 0. The lowest BCUT2D eigenvalue weighted by atomic mass is 10.2. The zero-order valence-corrected chi connectivity index (χ0v) is 20.6. The molecule has 0 aliphatic heterocycles. The van der Waals surface area contributed by atoms with Crippen LogP contribution in [0.3, 0.4) is 0 Å². The van der Waals surface area contributed by atoms with Crippen LogP contribution < -0.4 is 31.8 Å². The van der Waals surface area contributed by atoms with E-state index in [0.717, 1.165) is 17.7 Å². The van der Waals surface area contributed by atoms with Gasteiger partial charge in [-0.1, -0.05) is 30.3 Å². The molecule has 0 aliphatic carbocycles. The molecule has 0 saturated carbocycles. The number of hydrogen-bond acceptors (Lipinski definition) is 7. The van der Waals surface area contributed by atoms with E-state index in [1.165, 1.54) is 4.90 Å². The van der Waals surface area contributed by atoms with Gasteiger partial charge < -0.3 is 47.0 Å². The Morgan fingerprint density at radius 1 is 0.944 bits per heavy atom. The number of nitrogens with two attached hydrogens (primary N) is 1. The first-order chi connectivity index (χ1) is 17.1. The number of aromatic hydroxyl groups is 2. The fraction of sp³-hybridized carbons (Fsp3) is 0.435. The molecule has 0 aliphatic rings. The topological polar surface area (TPSA) is 183 Å². The van der Waals surface area contributed by atoms with Crippen LogP contribution in [0.25, 0.3) is 0 Å². The first kappa shape index (κ1) is 28.1. The molecule has 0 radical (unpaired) electrons. The van der Waals surface area contributed by atoms with Gasteiger partial charge in [-0.25, -0.2) is 14.4 Å². The molecule has 0 spiro atoms. The van der Waals surface area contributed by atoms with Crippen molar-refractivity contribution in [2.45, 2.75) is 45.4 Å². The predicted octanol–water partition coefficient (Wildman–Crippen LogP) is 0.673. The Labute approximate surface area is 209 Å². The summed E-state index contributed by atoms with van der Waals surface area (Å²) >= 11 is 0. The van der Waals surface area contributed by atoms with Crippen LogP contribution in [0.2, 0.25) is 0 Å². The third kappa shape index (κ3) is 9.25. The maximum atomic E-state index is 13.0. The summed E-state index contributed by atoms with van der Waals surface area (Å²) in [6.45, 7) is 6.05. The lowest BCUT2D eigenvalue weighted by Crippen LogP contribution is -2.52. The highest BCUT2D eigenvalue weighted by atomic mass is 16.7. The lowest BCUT2D eigenvalue weighted by Gasteiger charge is -2.30. The molecule has 1 aromatic carbocycles. The number of nitrogens with one attached hydrogen (secondary N) is 4. The summed E-state index contributed by atoms with van der Waals surface area (Å²) in [4.78, 5) is 43.5. The van der Waals surface area contributed by atoms with Gasteiger partial charge in [0.25, 0.3) is 0 Å². The first-order valence-electron chi connectivity index (χ1n) is 11.5. The van der Waals surface area contributed by atoms with E-state index in [4.69, 9.17) is 10.6 Å². The van der Waals surface area contributed by atoms with Crippen molar-refractivity contribution in [1.82, 2.24) is 30.9 Å². The molecule has 8 N–H and O–H groups in total. The summed E-state index contributed by atoms with van der Waals surface area (Å²) in [5.41, 5.74) is 6.50. The quantitative estimate of drug-likeness (QED) is 0.234. The van der Waals surface area contributed by atoms with Crippen LogP contribution in [-0.4, -0.2) is 75.8 Å². The van der Waals surface area contributed by atoms with Gasteiger partial charge in [0.15, 0.2) is 0 Å².